The normalized spacial score (nSPS) is 11.3. The van der Waals surface area contributed by atoms with Gasteiger partial charge >= 0.3 is 8.25 Å². The Bertz CT molecular complexity index is 2180. The second kappa shape index (κ2) is 28.5. The molecule has 0 saturated heterocycles. The molecule has 2 N–H and O–H groups in total. The number of ether oxygens (including phenoxy) is 4. The molecule has 0 unspecified atom stereocenters. The zero-order valence-corrected chi connectivity index (χ0v) is 40.6. The highest BCUT2D eigenvalue weighted by molar-refractivity contribution is 7.33. The van der Waals surface area contributed by atoms with Gasteiger partial charge in [-0.2, -0.15) is 0 Å². The fraction of sp³-hybridized carbons (Fsp3) is 0.385. The predicted octanol–water partition coefficient (Wildman–Crippen LogP) is 13.2. The summed E-state index contributed by atoms with van der Waals surface area (Å²) in [5, 5.41) is 8.18. The number of methoxy groups -OCH3 is 2. The van der Waals surface area contributed by atoms with Crippen molar-refractivity contribution in [3.05, 3.63) is 142 Å². The van der Waals surface area contributed by atoms with Gasteiger partial charge in [-0.1, -0.05) is 47.5 Å². The first kappa shape index (κ1) is 50.7. The number of benzene rings is 4. The van der Waals surface area contributed by atoms with E-state index >= 15 is 0 Å². The molecular weight excluding hydrogens is 898 g/mol. The van der Waals surface area contributed by atoms with Gasteiger partial charge in [0.2, 0.25) is 0 Å². The molecule has 14 heteroatoms. The molecule has 0 atom stereocenters. The van der Waals surface area contributed by atoms with Gasteiger partial charge in [-0.25, -0.2) is 0 Å². The molecule has 0 aliphatic carbocycles. The molecule has 2 heterocycles. The lowest BCUT2D eigenvalue weighted by Crippen LogP contribution is -2.16. The third-order valence-electron chi connectivity index (χ3n) is 10.9. The second-order valence-electron chi connectivity index (χ2n) is 15.9. The van der Waals surface area contributed by atoms with Crippen LogP contribution in [-0.2, 0) is 39.5 Å². The summed E-state index contributed by atoms with van der Waals surface area (Å²) in [7, 11) is 0.680. The van der Waals surface area contributed by atoms with Crippen LogP contribution in [0.1, 0.15) is 73.6 Å². The van der Waals surface area contributed by atoms with Crippen LogP contribution in [0.4, 0.5) is 0 Å². The lowest BCUT2D eigenvalue weighted by Gasteiger charge is -2.13. The fourth-order valence-corrected chi connectivity index (χ4v) is 8.66. The summed E-state index contributed by atoms with van der Waals surface area (Å²) in [6.45, 7) is 4.65. The van der Waals surface area contributed by atoms with Crippen LogP contribution in [0.3, 0.4) is 0 Å². The van der Waals surface area contributed by atoms with E-state index < -0.39 is 8.25 Å². The van der Waals surface area contributed by atoms with Gasteiger partial charge in [0.25, 0.3) is 0 Å². The number of hydrogen-bond acceptors (Lipinski definition) is 11. The van der Waals surface area contributed by atoms with E-state index in [9.17, 15) is 4.57 Å². The third-order valence-corrected chi connectivity index (χ3v) is 12.4. The number of unbranched alkanes of at least 4 members (excludes halogenated alkanes) is 4. The van der Waals surface area contributed by atoms with E-state index in [1.807, 2.05) is 60.7 Å². The van der Waals surface area contributed by atoms with Gasteiger partial charge in [-0.3, -0.25) is 4.57 Å². The standard InChI is InChI=1S/C52H63Cl2N2O9P/c1-58-51-23-17-39(35-45(51)53)13-5-3-7-27-60-49-21-19-41(33-43(49)47-15-9-29-62-47)37-55-25-11-31-64-66(57)65-32-12-26-56-38-42-20-22-50(44(34-42)48-16-10-30-63-48)61-28-8-4-6-14-40-18-24-52(59-2)46(54)36-40/h9-10,15-24,29-30,33-36,55-56,66H,3-8,11-14,25-28,31-32,37-38H2,1-2H3. The first-order valence-electron chi connectivity index (χ1n) is 22.8. The molecule has 0 aliphatic rings. The van der Waals surface area contributed by atoms with E-state index in [1.54, 1.807) is 26.7 Å². The number of nitrogens with one attached hydrogen (secondary N) is 2. The van der Waals surface area contributed by atoms with Crippen molar-refractivity contribution >= 4 is 31.5 Å². The Morgan fingerprint density at radius 3 is 1.35 bits per heavy atom. The topological polar surface area (TPSA) is 123 Å². The Morgan fingerprint density at radius 2 is 0.939 bits per heavy atom. The Kier molecular flexibility index (Phi) is 21.9. The van der Waals surface area contributed by atoms with Crippen LogP contribution in [0.25, 0.3) is 22.6 Å². The number of hydrogen-bond donors (Lipinski definition) is 2. The molecule has 0 fully saturated rings. The van der Waals surface area contributed by atoms with E-state index in [4.69, 9.17) is 60.0 Å². The molecule has 2 aromatic heterocycles. The van der Waals surface area contributed by atoms with Gasteiger partial charge in [0.05, 0.1) is 74.3 Å². The summed E-state index contributed by atoms with van der Waals surface area (Å²) in [6.07, 6.45) is 12.7. The highest BCUT2D eigenvalue weighted by Crippen LogP contribution is 2.34. The van der Waals surface area contributed by atoms with E-state index in [-0.39, 0.29) is 0 Å². The molecule has 66 heavy (non-hydrogen) atoms. The summed E-state index contributed by atoms with van der Waals surface area (Å²) in [5.41, 5.74) is 6.46. The summed E-state index contributed by atoms with van der Waals surface area (Å²) in [5.74, 6) is 4.52. The second-order valence-corrected chi connectivity index (χ2v) is 17.8. The predicted molar refractivity (Wildman–Crippen MR) is 264 cm³/mol. The molecule has 6 aromatic rings. The maximum atomic E-state index is 12.4. The summed E-state index contributed by atoms with van der Waals surface area (Å²) in [6, 6.07) is 31.9. The first-order chi connectivity index (χ1) is 32.4. The van der Waals surface area contributed by atoms with Crippen LogP contribution >= 0.6 is 31.5 Å². The van der Waals surface area contributed by atoms with Crippen molar-refractivity contribution in [1.29, 1.82) is 0 Å². The minimum atomic E-state index is -2.57. The lowest BCUT2D eigenvalue weighted by molar-refractivity contribution is 0.220. The monoisotopic (exact) mass is 960 g/mol. The number of rotatable bonds is 32. The highest BCUT2D eigenvalue weighted by atomic mass is 35.5. The molecule has 0 aliphatic heterocycles. The maximum absolute atomic E-state index is 12.4. The summed E-state index contributed by atoms with van der Waals surface area (Å²) >= 11 is 12.6. The molecule has 354 valence electrons. The van der Waals surface area contributed by atoms with Crippen molar-refractivity contribution in [2.24, 2.45) is 0 Å². The van der Waals surface area contributed by atoms with Crippen LogP contribution in [0.15, 0.2) is 118 Å². The molecule has 6 rings (SSSR count). The van der Waals surface area contributed by atoms with Crippen molar-refractivity contribution in [2.45, 2.75) is 77.3 Å². The first-order valence-corrected chi connectivity index (χ1v) is 24.8. The van der Waals surface area contributed by atoms with Gasteiger partial charge in [0.1, 0.15) is 34.5 Å². The van der Waals surface area contributed by atoms with Gasteiger partial charge in [0.15, 0.2) is 0 Å². The minimum absolute atomic E-state index is 0.347. The molecular formula is C52H63Cl2N2O9P. The summed E-state index contributed by atoms with van der Waals surface area (Å²) < 4.78 is 57.8. The fourth-order valence-electron chi connectivity index (χ4n) is 7.40. The average Bonchev–Trinajstić information content (AvgIpc) is 4.08. The zero-order valence-electron chi connectivity index (χ0n) is 38.1. The SMILES string of the molecule is COc1ccc(CCCCCOc2ccc(CNCCCO[PH](=O)OCCCNCc3ccc(OCCCCCc4ccc(OC)c(Cl)c4)c(-c4ccco4)c3)cc2-c2ccco2)cc1Cl. The van der Waals surface area contributed by atoms with Crippen LogP contribution in [0, 0.1) is 0 Å². The van der Waals surface area contributed by atoms with E-state index in [1.165, 1.54) is 11.1 Å². The summed E-state index contributed by atoms with van der Waals surface area (Å²) in [4.78, 5) is 0. The third kappa shape index (κ3) is 16.9. The van der Waals surface area contributed by atoms with Crippen LogP contribution in [-0.4, -0.2) is 53.7 Å². The van der Waals surface area contributed by atoms with Gasteiger partial charge < -0.3 is 47.5 Å². The molecule has 11 nitrogen and oxygen atoms in total. The van der Waals surface area contributed by atoms with Crippen LogP contribution in [0.2, 0.25) is 10.0 Å². The van der Waals surface area contributed by atoms with Gasteiger partial charge in [-0.15, -0.1) is 0 Å². The number of halogens is 2. The van der Waals surface area contributed by atoms with E-state index in [2.05, 4.69) is 47.0 Å². The quantitative estimate of drug-likeness (QED) is 0.0310. The Hall–Kier alpha value is -4.71. The highest BCUT2D eigenvalue weighted by Gasteiger charge is 2.13. The molecule has 0 amide bonds. The molecule has 0 bridgehead atoms. The minimum Gasteiger partial charge on any atom is -0.495 e. The van der Waals surface area contributed by atoms with Crippen molar-refractivity contribution in [3.63, 3.8) is 0 Å². The van der Waals surface area contributed by atoms with Crippen LogP contribution < -0.4 is 29.6 Å². The molecule has 0 radical (unpaired) electrons. The average molecular weight is 962 g/mol. The van der Waals surface area contributed by atoms with Crippen molar-refractivity contribution in [3.8, 4) is 45.6 Å². The Labute approximate surface area is 400 Å². The molecule has 4 aromatic carbocycles. The van der Waals surface area contributed by atoms with Crippen LogP contribution in [0.5, 0.6) is 23.0 Å². The van der Waals surface area contributed by atoms with Gasteiger partial charge in [-0.05, 0) is 172 Å². The molecule has 0 spiro atoms. The Balaban J connectivity index is 0.806. The largest absolute Gasteiger partial charge is 0.495 e. The van der Waals surface area contributed by atoms with Crippen molar-refractivity contribution in [2.75, 3.05) is 53.7 Å². The van der Waals surface area contributed by atoms with Crippen molar-refractivity contribution < 1.29 is 41.4 Å². The van der Waals surface area contributed by atoms with Crippen molar-refractivity contribution in [1.82, 2.24) is 10.6 Å². The van der Waals surface area contributed by atoms with E-state index in [0.29, 0.717) is 87.0 Å². The van der Waals surface area contributed by atoms with E-state index in [0.717, 1.165) is 96.6 Å². The maximum Gasteiger partial charge on any atom is 0.319 e. The zero-order chi connectivity index (χ0) is 46.2. The molecule has 0 saturated carbocycles. The van der Waals surface area contributed by atoms with Gasteiger partial charge in [0, 0.05) is 13.1 Å². The number of aryl methyl sites for hydroxylation is 2. The lowest BCUT2D eigenvalue weighted by atomic mass is 10.1. The smallest absolute Gasteiger partial charge is 0.319 e. The Morgan fingerprint density at radius 1 is 0.500 bits per heavy atom. The number of furan rings is 2.